The average Bonchev–Trinajstić information content (AvgIpc) is 2.49. The fraction of sp³-hybridized carbons (Fsp3) is 0.750. The summed E-state index contributed by atoms with van der Waals surface area (Å²) in [5.74, 6) is 2.43. The van der Waals surface area contributed by atoms with Crippen LogP contribution in [-0.4, -0.2) is 73.9 Å². The van der Waals surface area contributed by atoms with E-state index in [2.05, 4.69) is 26.8 Å². The zero-order chi connectivity index (χ0) is 16.1. The van der Waals surface area contributed by atoms with Crippen molar-refractivity contribution in [3.8, 4) is 0 Å². The molecule has 22 heavy (non-hydrogen) atoms. The normalized spacial score (nSPS) is 16.8. The summed E-state index contributed by atoms with van der Waals surface area (Å²) in [6.07, 6.45) is 2.35. The molecule has 1 saturated heterocycles. The summed E-state index contributed by atoms with van der Waals surface area (Å²) >= 11 is 0. The van der Waals surface area contributed by atoms with E-state index >= 15 is 0 Å². The van der Waals surface area contributed by atoms with Gasteiger partial charge >= 0.3 is 0 Å². The van der Waals surface area contributed by atoms with Crippen LogP contribution < -0.4 is 9.80 Å². The van der Waals surface area contributed by atoms with Crippen molar-refractivity contribution in [1.82, 2.24) is 14.9 Å². The molecule has 1 N–H and O–H groups in total. The van der Waals surface area contributed by atoms with E-state index in [9.17, 15) is 0 Å². The number of likely N-dealkylation sites (tertiary alicyclic amines) is 1. The van der Waals surface area contributed by atoms with E-state index in [1.807, 2.05) is 32.0 Å². The molecule has 0 radical (unpaired) electrons. The summed E-state index contributed by atoms with van der Waals surface area (Å²) in [5, 5.41) is 9.00. The molecule has 0 unspecified atom stereocenters. The van der Waals surface area contributed by atoms with Crippen LogP contribution in [0.2, 0.25) is 0 Å². The Bertz CT molecular complexity index is 472. The van der Waals surface area contributed by atoms with Crippen molar-refractivity contribution in [2.45, 2.75) is 19.8 Å². The van der Waals surface area contributed by atoms with Crippen molar-refractivity contribution in [3.05, 3.63) is 11.8 Å². The predicted molar refractivity (Wildman–Crippen MR) is 90.6 cm³/mol. The number of anilines is 2. The van der Waals surface area contributed by atoms with Crippen molar-refractivity contribution in [3.63, 3.8) is 0 Å². The number of hydrogen-bond acceptors (Lipinski definition) is 6. The van der Waals surface area contributed by atoms with Gasteiger partial charge in [0.05, 0.1) is 6.61 Å². The van der Waals surface area contributed by atoms with Crippen LogP contribution in [-0.2, 0) is 0 Å². The second-order valence-corrected chi connectivity index (χ2v) is 6.45. The minimum atomic E-state index is 0.259. The van der Waals surface area contributed by atoms with Gasteiger partial charge in [0, 0.05) is 46.0 Å². The lowest BCUT2D eigenvalue weighted by Crippen LogP contribution is -2.39. The monoisotopic (exact) mass is 307 g/mol. The standard InChI is InChI=1S/C16H29N5O/c1-13-11-15(19(2)3)18-16(17-13)20(4)12-14-5-7-21(8-6-14)9-10-22/h11,14,22H,5-10,12H2,1-4H3. The molecule has 1 aromatic rings. The third kappa shape index (κ3) is 4.55. The molecule has 0 aromatic carbocycles. The van der Waals surface area contributed by atoms with Crippen LogP contribution in [0.15, 0.2) is 6.07 Å². The maximum Gasteiger partial charge on any atom is 0.227 e. The van der Waals surface area contributed by atoms with Crippen LogP contribution in [0.5, 0.6) is 0 Å². The van der Waals surface area contributed by atoms with E-state index in [-0.39, 0.29) is 6.61 Å². The molecule has 0 aliphatic carbocycles. The van der Waals surface area contributed by atoms with Crippen LogP contribution >= 0.6 is 0 Å². The van der Waals surface area contributed by atoms with E-state index in [0.29, 0.717) is 5.92 Å². The first kappa shape index (κ1) is 17.0. The zero-order valence-corrected chi connectivity index (χ0v) is 14.3. The van der Waals surface area contributed by atoms with Gasteiger partial charge in [-0.15, -0.1) is 0 Å². The molecule has 1 fully saturated rings. The van der Waals surface area contributed by atoms with Crippen LogP contribution in [0.4, 0.5) is 11.8 Å². The van der Waals surface area contributed by atoms with Gasteiger partial charge in [0.15, 0.2) is 0 Å². The fourth-order valence-corrected chi connectivity index (χ4v) is 2.94. The van der Waals surface area contributed by atoms with Crippen LogP contribution in [0.1, 0.15) is 18.5 Å². The molecule has 2 rings (SSSR count). The van der Waals surface area contributed by atoms with Crippen molar-refractivity contribution < 1.29 is 5.11 Å². The Morgan fingerprint density at radius 1 is 1.23 bits per heavy atom. The predicted octanol–water partition coefficient (Wildman–Crippen LogP) is 0.992. The number of aliphatic hydroxyl groups is 1. The van der Waals surface area contributed by atoms with Crippen molar-refractivity contribution in [1.29, 1.82) is 0 Å². The molecule has 1 aliphatic rings. The van der Waals surface area contributed by atoms with Gasteiger partial charge in [-0.05, 0) is 38.8 Å². The minimum absolute atomic E-state index is 0.259. The Hall–Kier alpha value is -1.40. The number of rotatable bonds is 6. The highest BCUT2D eigenvalue weighted by Gasteiger charge is 2.21. The number of aromatic nitrogens is 2. The lowest BCUT2D eigenvalue weighted by atomic mass is 9.96. The SMILES string of the molecule is Cc1cc(N(C)C)nc(N(C)CC2CCN(CCO)CC2)n1. The molecule has 0 atom stereocenters. The summed E-state index contributed by atoms with van der Waals surface area (Å²) < 4.78 is 0. The van der Waals surface area contributed by atoms with E-state index in [1.54, 1.807) is 0 Å². The van der Waals surface area contributed by atoms with Gasteiger partial charge in [0.2, 0.25) is 5.95 Å². The smallest absolute Gasteiger partial charge is 0.227 e. The molecule has 0 spiro atoms. The number of piperidine rings is 1. The Labute approximate surface area is 133 Å². The first-order valence-electron chi connectivity index (χ1n) is 8.07. The van der Waals surface area contributed by atoms with Gasteiger partial charge in [0.1, 0.15) is 5.82 Å². The quantitative estimate of drug-likeness (QED) is 0.846. The molecule has 2 heterocycles. The third-order valence-corrected chi connectivity index (χ3v) is 4.28. The molecule has 124 valence electrons. The molecule has 0 bridgehead atoms. The summed E-state index contributed by atoms with van der Waals surface area (Å²) in [4.78, 5) is 15.7. The van der Waals surface area contributed by atoms with E-state index in [0.717, 1.165) is 43.6 Å². The summed E-state index contributed by atoms with van der Waals surface area (Å²) in [5.41, 5.74) is 0.998. The van der Waals surface area contributed by atoms with Gasteiger partial charge in [-0.2, -0.15) is 4.98 Å². The summed E-state index contributed by atoms with van der Waals surface area (Å²) in [6.45, 7) is 6.22. The molecular weight excluding hydrogens is 278 g/mol. The highest BCUT2D eigenvalue weighted by atomic mass is 16.3. The summed E-state index contributed by atoms with van der Waals surface area (Å²) in [7, 11) is 6.08. The zero-order valence-electron chi connectivity index (χ0n) is 14.3. The maximum absolute atomic E-state index is 9.00. The molecular formula is C16H29N5O. The molecule has 1 aliphatic heterocycles. The topological polar surface area (TPSA) is 55.7 Å². The Kier molecular flexibility index (Phi) is 5.97. The van der Waals surface area contributed by atoms with Crippen molar-refractivity contribution in [2.75, 3.05) is 63.7 Å². The van der Waals surface area contributed by atoms with Gasteiger partial charge < -0.3 is 19.8 Å². The number of aryl methyl sites for hydroxylation is 1. The Morgan fingerprint density at radius 3 is 2.50 bits per heavy atom. The molecule has 0 saturated carbocycles. The Morgan fingerprint density at radius 2 is 1.91 bits per heavy atom. The van der Waals surface area contributed by atoms with Crippen LogP contribution in [0.25, 0.3) is 0 Å². The first-order valence-corrected chi connectivity index (χ1v) is 8.07. The fourth-order valence-electron chi connectivity index (χ4n) is 2.94. The lowest BCUT2D eigenvalue weighted by molar-refractivity contribution is 0.149. The van der Waals surface area contributed by atoms with Gasteiger partial charge in [0.25, 0.3) is 0 Å². The molecule has 6 nitrogen and oxygen atoms in total. The molecule has 6 heteroatoms. The maximum atomic E-state index is 9.00. The van der Waals surface area contributed by atoms with Crippen molar-refractivity contribution >= 4 is 11.8 Å². The number of β-amino-alcohol motifs (C(OH)–C–C–N with tert-alkyl or cyclic N) is 1. The van der Waals surface area contributed by atoms with E-state index < -0.39 is 0 Å². The number of hydrogen-bond donors (Lipinski definition) is 1. The van der Waals surface area contributed by atoms with Crippen LogP contribution in [0, 0.1) is 12.8 Å². The third-order valence-electron chi connectivity index (χ3n) is 4.28. The lowest BCUT2D eigenvalue weighted by Gasteiger charge is -2.33. The number of nitrogens with zero attached hydrogens (tertiary/aromatic N) is 5. The minimum Gasteiger partial charge on any atom is -0.395 e. The molecule has 1 aromatic heterocycles. The highest BCUT2D eigenvalue weighted by molar-refractivity contribution is 5.44. The highest BCUT2D eigenvalue weighted by Crippen LogP contribution is 2.21. The average molecular weight is 307 g/mol. The largest absolute Gasteiger partial charge is 0.395 e. The second kappa shape index (κ2) is 7.74. The Balaban J connectivity index is 1.94. The van der Waals surface area contributed by atoms with Crippen molar-refractivity contribution in [2.24, 2.45) is 5.92 Å². The first-order chi connectivity index (χ1) is 10.5. The van der Waals surface area contributed by atoms with E-state index in [1.165, 1.54) is 12.8 Å². The van der Waals surface area contributed by atoms with Crippen LogP contribution in [0.3, 0.4) is 0 Å². The van der Waals surface area contributed by atoms with E-state index in [4.69, 9.17) is 5.11 Å². The summed E-state index contributed by atoms with van der Waals surface area (Å²) in [6, 6.07) is 2.00. The van der Waals surface area contributed by atoms with Gasteiger partial charge in [-0.3, -0.25) is 0 Å². The second-order valence-electron chi connectivity index (χ2n) is 6.45. The van der Waals surface area contributed by atoms with Gasteiger partial charge in [-0.25, -0.2) is 4.98 Å². The van der Waals surface area contributed by atoms with Gasteiger partial charge in [-0.1, -0.05) is 0 Å². The number of aliphatic hydroxyl groups excluding tert-OH is 1. The molecule has 0 amide bonds.